The van der Waals surface area contributed by atoms with Crippen molar-refractivity contribution in [3.05, 3.63) is 44.8 Å². The lowest BCUT2D eigenvalue weighted by Crippen LogP contribution is -2.39. The summed E-state index contributed by atoms with van der Waals surface area (Å²) in [7, 11) is 0. The first kappa shape index (κ1) is 22.9. The van der Waals surface area contributed by atoms with Crippen molar-refractivity contribution in [2.45, 2.75) is 26.2 Å². The Hall–Kier alpha value is -1.13. The van der Waals surface area contributed by atoms with E-state index in [0.29, 0.717) is 12.5 Å². The number of thiophene rings is 2. The van der Waals surface area contributed by atoms with Crippen LogP contribution in [0, 0.1) is 0 Å². The lowest BCUT2D eigenvalue weighted by molar-refractivity contribution is 0.0957. The standard InChI is InChI=1S/C18H26N4OS2.HI/c1-3-19-18(22-12-14(2)15-7-11-24-13-15)21-9-5-8-20-17(23)16-6-4-10-25-16;/h4,6-7,10-11,13-14H,3,5,8-9,12H2,1-2H3,(H,20,23)(H2,19,21,22);1H. The van der Waals surface area contributed by atoms with Gasteiger partial charge in [-0.25, -0.2) is 0 Å². The topological polar surface area (TPSA) is 65.5 Å². The van der Waals surface area contributed by atoms with E-state index in [0.717, 1.165) is 36.9 Å². The number of aliphatic imine (C=N–C) groups is 1. The van der Waals surface area contributed by atoms with Crippen LogP contribution in [-0.2, 0) is 0 Å². The van der Waals surface area contributed by atoms with Crippen LogP contribution in [0.2, 0.25) is 0 Å². The summed E-state index contributed by atoms with van der Waals surface area (Å²) in [5.41, 5.74) is 1.33. The van der Waals surface area contributed by atoms with Gasteiger partial charge in [0.1, 0.15) is 0 Å². The number of rotatable bonds is 9. The number of nitrogens with one attached hydrogen (secondary N) is 3. The molecule has 0 aromatic carbocycles. The summed E-state index contributed by atoms with van der Waals surface area (Å²) in [6, 6.07) is 5.88. The van der Waals surface area contributed by atoms with E-state index in [1.165, 1.54) is 16.9 Å². The highest BCUT2D eigenvalue weighted by Crippen LogP contribution is 2.18. The minimum absolute atomic E-state index is 0. The summed E-state index contributed by atoms with van der Waals surface area (Å²) < 4.78 is 0. The van der Waals surface area contributed by atoms with Gasteiger partial charge in [0, 0.05) is 32.1 Å². The summed E-state index contributed by atoms with van der Waals surface area (Å²) in [5.74, 6) is 1.24. The molecule has 2 rings (SSSR count). The van der Waals surface area contributed by atoms with Crippen LogP contribution in [0.3, 0.4) is 0 Å². The second kappa shape index (κ2) is 13.1. The number of nitrogens with zero attached hydrogens (tertiary/aromatic N) is 1. The lowest BCUT2D eigenvalue weighted by atomic mass is 10.1. The van der Waals surface area contributed by atoms with Crippen LogP contribution in [-0.4, -0.2) is 38.0 Å². The molecule has 0 spiro atoms. The van der Waals surface area contributed by atoms with Gasteiger partial charge in [-0.1, -0.05) is 13.0 Å². The number of hydrogen-bond donors (Lipinski definition) is 3. The van der Waals surface area contributed by atoms with Gasteiger partial charge in [0.25, 0.3) is 5.91 Å². The van der Waals surface area contributed by atoms with Crippen LogP contribution in [0.1, 0.15) is 41.4 Å². The maximum atomic E-state index is 11.8. The molecule has 0 bridgehead atoms. The molecule has 0 aliphatic rings. The SMILES string of the molecule is CCNC(=NCC(C)c1ccsc1)NCCCNC(=O)c1cccs1.I. The second-order valence-electron chi connectivity index (χ2n) is 5.69. The van der Waals surface area contributed by atoms with E-state index >= 15 is 0 Å². The molecule has 0 saturated heterocycles. The molecule has 0 fully saturated rings. The van der Waals surface area contributed by atoms with Gasteiger partial charge < -0.3 is 16.0 Å². The summed E-state index contributed by atoms with van der Waals surface area (Å²) >= 11 is 3.18. The molecule has 0 aliphatic heterocycles. The van der Waals surface area contributed by atoms with Crippen molar-refractivity contribution in [2.24, 2.45) is 4.99 Å². The van der Waals surface area contributed by atoms with Gasteiger partial charge in [0.05, 0.1) is 4.88 Å². The predicted molar refractivity (Wildman–Crippen MR) is 123 cm³/mol. The zero-order valence-electron chi connectivity index (χ0n) is 15.2. The van der Waals surface area contributed by atoms with E-state index in [4.69, 9.17) is 0 Å². The van der Waals surface area contributed by atoms with Crippen molar-refractivity contribution >= 4 is 58.5 Å². The van der Waals surface area contributed by atoms with Crippen LogP contribution in [0.15, 0.2) is 39.3 Å². The smallest absolute Gasteiger partial charge is 0.261 e. The van der Waals surface area contributed by atoms with Crippen molar-refractivity contribution in [3.63, 3.8) is 0 Å². The minimum atomic E-state index is 0. The summed E-state index contributed by atoms with van der Waals surface area (Å²) in [6.07, 6.45) is 0.849. The Morgan fingerprint density at radius 2 is 2.00 bits per heavy atom. The molecule has 2 aromatic heterocycles. The third-order valence-electron chi connectivity index (χ3n) is 3.66. The fourth-order valence-electron chi connectivity index (χ4n) is 2.22. The van der Waals surface area contributed by atoms with Crippen molar-refractivity contribution in [2.75, 3.05) is 26.2 Å². The molecule has 144 valence electrons. The molecule has 1 atom stereocenters. The summed E-state index contributed by atoms with van der Waals surface area (Å²) in [4.78, 5) is 17.2. The Kier molecular flexibility index (Phi) is 11.5. The average Bonchev–Trinajstić information content (AvgIpc) is 3.32. The van der Waals surface area contributed by atoms with Crippen molar-refractivity contribution in [1.82, 2.24) is 16.0 Å². The molecule has 2 heterocycles. The van der Waals surface area contributed by atoms with Crippen molar-refractivity contribution in [1.29, 1.82) is 0 Å². The van der Waals surface area contributed by atoms with Gasteiger partial charge in [0.15, 0.2) is 5.96 Å². The zero-order valence-corrected chi connectivity index (χ0v) is 19.1. The van der Waals surface area contributed by atoms with Gasteiger partial charge in [-0.3, -0.25) is 9.79 Å². The Morgan fingerprint density at radius 1 is 1.19 bits per heavy atom. The largest absolute Gasteiger partial charge is 0.357 e. The predicted octanol–water partition coefficient (Wildman–Crippen LogP) is 3.91. The van der Waals surface area contributed by atoms with E-state index < -0.39 is 0 Å². The highest BCUT2D eigenvalue weighted by atomic mass is 127. The number of carbonyl (C=O) groups is 1. The van der Waals surface area contributed by atoms with E-state index in [1.54, 1.807) is 11.3 Å². The molecule has 1 amide bonds. The first-order valence-electron chi connectivity index (χ1n) is 8.56. The number of guanidine groups is 1. The van der Waals surface area contributed by atoms with E-state index in [1.807, 2.05) is 17.5 Å². The molecule has 26 heavy (non-hydrogen) atoms. The first-order chi connectivity index (χ1) is 12.2. The highest BCUT2D eigenvalue weighted by Gasteiger charge is 2.07. The Balaban J connectivity index is 0.00000338. The normalized spacial score (nSPS) is 12.2. The van der Waals surface area contributed by atoms with Crippen LogP contribution in [0.5, 0.6) is 0 Å². The van der Waals surface area contributed by atoms with E-state index in [2.05, 4.69) is 51.6 Å². The number of halogens is 1. The molecule has 0 saturated carbocycles. The number of carbonyl (C=O) groups excluding carboxylic acids is 1. The fraction of sp³-hybridized carbons (Fsp3) is 0.444. The Morgan fingerprint density at radius 3 is 2.65 bits per heavy atom. The molecular formula is C18H27IN4OS2. The molecule has 3 N–H and O–H groups in total. The molecule has 0 aliphatic carbocycles. The van der Waals surface area contributed by atoms with E-state index in [9.17, 15) is 4.79 Å². The molecule has 5 nitrogen and oxygen atoms in total. The average molecular weight is 506 g/mol. The molecule has 2 aromatic rings. The fourth-order valence-corrected chi connectivity index (χ4v) is 3.65. The molecule has 0 radical (unpaired) electrons. The second-order valence-corrected chi connectivity index (χ2v) is 7.42. The van der Waals surface area contributed by atoms with Crippen LogP contribution in [0.4, 0.5) is 0 Å². The minimum Gasteiger partial charge on any atom is -0.357 e. The third-order valence-corrected chi connectivity index (χ3v) is 5.23. The zero-order chi connectivity index (χ0) is 17.9. The monoisotopic (exact) mass is 506 g/mol. The lowest BCUT2D eigenvalue weighted by Gasteiger charge is -2.13. The van der Waals surface area contributed by atoms with Crippen molar-refractivity contribution in [3.8, 4) is 0 Å². The quantitative estimate of drug-likeness (QED) is 0.209. The maximum absolute atomic E-state index is 11.8. The summed E-state index contributed by atoms with van der Waals surface area (Å²) in [5, 5.41) is 15.7. The van der Waals surface area contributed by atoms with Crippen molar-refractivity contribution < 1.29 is 4.79 Å². The maximum Gasteiger partial charge on any atom is 0.261 e. The molecule has 1 unspecified atom stereocenters. The number of hydrogen-bond acceptors (Lipinski definition) is 4. The Bertz CT molecular complexity index is 644. The van der Waals surface area contributed by atoms with E-state index in [-0.39, 0.29) is 29.9 Å². The highest BCUT2D eigenvalue weighted by molar-refractivity contribution is 14.0. The van der Waals surface area contributed by atoms with Gasteiger partial charge in [0.2, 0.25) is 0 Å². The van der Waals surface area contributed by atoms with Gasteiger partial charge in [-0.2, -0.15) is 11.3 Å². The Labute approximate surface area is 180 Å². The number of amides is 1. The van der Waals surface area contributed by atoms with Crippen LogP contribution in [0.25, 0.3) is 0 Å². The van der Waals surface area contributed by atoms with Gasteiger partial charge in [-0.05, 0) is 47.2 Å². The third kappa shape index (κ3) is 8.05. The van der Waals surface area contributed by atoms with Gasteiger partial charge >= 0.3 is 0 Å². The summed E-state index contributed by atoms with van der Waals surface area (Å²) in [6.45, 7) is 7.24. The molecule has 8 heteroatoms. The van der Waals surface area contributed by atoms with Crippen LogP contribution >= 0.6 is 46.7 Å². The van der Waals surface area contributed by atoms with Crippen LogP contribution < -0.4 is 16.0 Å². The van der Waals surface area contributed by atoms with Gasteiger partial charge in [-0.15, -0.1) is 35.3 Å². The first-order valence-corrected chi connectivity index (χ1v) is 10.4. The molecular weight excluding hydrogens is 479 g/mol.